The van der Waals surface area contributed by atoms with Crippen LogP contribution in [0.2, 0.25) is 5.02 Å². The Labute approximate surface area is 261 Å². The first-order chi connectivity index (χ1) is 20.0. The van der Waals surface area contributed by atoms with Gasteiger partial charge in [-0.1, -0.05) is 82.8 Å². The predicted molar refractivity (Wildman–Crippen MR) is 169 cm³/mol. The monoisotopic (exact) mass is 675 g/mol. The van der Waals surface area contributed by atoms with Crippen molar-refractivity contribution in [2.45, 2.75) is 50.7 Å². The number of carbonyl (C=O) groups is 2. The van der Waals surface area contributed by atoms with Crippen molar-refractivity contribution < 1.29 is 22.7 Å². The van der Waals surface area contributed by atoms with Crippen LogP contribution in [-0.2, 0) is 32.6 Å². The van der Waals surface area contributed by atoms with Crippen LogP contribution in [-0.4, -0.2) is 57.1 Å². The summed E-state index contributed by atoms with van der Waals surface area (Å²) in [7, 11) is -2.55. The largest absolute Gasteiger partial charge is 0.495 e. The summed E-state index contributed by atoms with van der Waals surface area (Å²) in [5, 5.41) is 3.45. The number of ether oxygens (including phenoxy) is 1. The van der Waals surface area contributed by atoms with E-state index in [-0.39, 0.29) is 41.4 Å². The number of nitrogens with zero attached hydrogens (tertiary/aromatic N) is 2. The van der Waals surface area contributed by atoms with E-state index in [0.717, 1.165) is 51.8 Å². The number of anilines is 1. The Hall–Kier alpha value is -3.08. The van der Waals surface area contributed by atoms with Gasteiger partial charge < -0.3 is 15.0 Å². The lowest BCUT2D eigenvalue weighted by Crippen LogP contribution is -2.54. The lowest BCUT2D eigenvalue weighted by Gasteiger charge is -2.34. The smallest absolute Gasteiger partial charge is 0.244 e. The van der Waals surface area contributed by atoms with Crippen molar-refractivity contribution in [3.8, 4) is 5.75 Å². The molecule has 0 radical (unpaired) electrons. The molecular formula is C31H35BrClN3O5S. The van der Waals surface area contributed by atoms with Crippen LogP contribution < -0.4 is 14.4 Å². The number of halogens is 2. The predicted octanol–water partition coefficient (Wildman–Crippen LogP) is 5.58. The average Bonchev–Trinajstić information content (AvgIpc) is 3.46. The van der Waals surface area contributed by atoms with Gasteiger partial charge in [0, 0.05) is 28.5 Å². The quantitative estimate of drug-likeness (QED) is 0.271. The molecular weight excluding hydrogens is 642 g/mol. The van der Waals surface area contributed by atoms with Gasteiger partial charge in [-0.2, -0.15) is 0 Å². The van der Waals surface area contributed by atoms with Crippen molar-refractivity contribution in [3.05, 3.63) is 93.4 Å². The van der Waals surface area contributed by atoms with Gasteiger partial charge in [0.15, 0.2) is 0 Å². The second-order valence-corrected chi connectivity index (χ2v) is 13.7. The molecule has 0 heterocycles. The molecule has 0 bridgehead atoms. The third-order valence-corrected chi connectivity index (χ3v) is 9.16. The molecule has 224 valence electrons. The molecule has 1 saturated carbocycles. The number of hydrogen-bond donors (Lipinski definition) is 1. The third kappa shape index (κ3) is 8.49. The highest BCUT2D eigenvalue weighted by atomic mass is 79.9. The Morgan fingerprint density at radius 1 is 1.02 bits per heavy atom. The normalized spacial score (nSPS) is 14.3. The molecule has 2 amide bonds. The minimum absolute atomic E-state index is 0.0434. The zero-order valence-corrected chi connectivity index (χ0v) is 26.8. The molecule has 3 aromatic carbocycles. The molecule has 4 rings (SSSR count). The minimum Gasteiger partial charge on any atom is -0.495 e. The van der Waals surface area contributed by atoms with E-state index >= 15 is 0 Å². The average molecular weight is 677 g/mol. The highest BCUT2D eigenvalue weighted by molar-refractivity contribution is 9.10. The molecule has 0 unspecified atom stereocenters. The zero-order chi connectivity index (χ0) is 30.3. The molecule has 11 heteroatoms. The van der Waals surface area contributed by atoms with Gasteiger partial charge in [0.2, 0.25) is 21.8 Å². The summed E-state index contributed by atoms with van der Waals surface area (Å²) in [6, 6.07) is 20.7. The molecule has 3 aromatic rings. The van der Waals surface area contributed by atoms with Crippen LogP contribution in [0.15, 0.2) is 77.3 Å². The van der Waals surface area contributed by atoms with Gasteiger partial charge in [-0.05, 0) is 54.3 Å². The van der Waals surface area contributed by atoms with E-state index in [1.165, 1.54) is 18.1 Å². The molecule has 1 aliphatic carbocycles. The van der Waals surface area contributed by atoms with E-state index in [1.54, 1.807) is 12.1 Å². The summed E-state index contributed by atoms with van der Waals surface area (Å²) in [6.45, 7) is -0.455. The van der Waals surface area contributed by atoms with E-state index < -0.39 is 28.5 Å². The Morgan fingerprint density at radius 3 is 2.36 bits per heavy atom. The van der Waals surface area contributed by atoms with Gasteiger partial charge in [-0.25, -0.2) is 8.42 Å². The lowest BCUT2D eigenvalue weighted by atomic mass is 10.0. The summed E-state index contributed by atoms with van der Waals surface area (Å²) < 4.78 is 33.3. The number of carbonyl (C=O) groups excluding carboxylic acids is 2. The van der Waals surface area contributed by atoms with Gasteiger partial charge in [-0.15, -0.1) is 0 Å². The summed E-state index contributed by atoms with van der Waals surface area (Å²) in [4.78, 5) is 29.7. The third-order valence-electron chi connectivity index (χ3n) is 7.30. The second kappa shape index (κ2) is 14.4. The van der Waals surface area contributed by atoms with Crippen LogP contribution in [0.4, 0.5) is 5.69 Å². The molecule has 0 saturated heterocycles. The summed E-state index contributed by atoms with van der Waals surface area (Å²) in [5.41, 5.74) is 1.81. The molecule has 8 nitrogen and oxygen atoms in total. The van der Waals surface area contributed by atoms with Crippen LogP contribution in [0, 0.1) is 0 Å². The molecule has 42 heavy (non-hydrogen) atoms. The number of methoxy groups -OCH3 is 1. The number of rotatable bonds is 12. The van der Waals surface area contributed by atoms with Crippen molar-refractivity contribution in [3.63, 3.8) is 0 Å². The lowest BCUT2D eigenvalue weighted by molar-refractivity contribution is -0.140. The fourth-order valence-corrected chi connectivity index (χ4v) is 6.66. The Morgan fingerprint density at radius 2 is 1.71 bits per heavy atom. The first kappa shape index (κ1) is 31.8. The maximum absolute atomic E-state index is 14.3. The second-order valence-electron chi connectivity index (χ2n) is 10.4. The number of sulfonamides is 1. The van der Waals surface area contributed by atoms with Crippen molar-refractivity contribution >= 4 is 55.1 Å². The standard InChI is InChI=1S/C31H35BrClN3O5S/c1-41-29-16-15-25(33)19-27(29)36(42(2,39)40)21-30(37)35(20-23-11-8-12-24(32)17-23)28(18-22-9-4-3-5-10-22)31(38)34-26-13-6-7-14-26/h3-5,8-12,15-17,19,26,28H,6-7,13-14,18,20-21H2,1-2H3,(H,34,38)/t28-/m0/s1. The molecule has 1 fully saturated rings. The zero-order valence-electron chi connectivity index (χ0n) is 23.6. The van der Waals surface area contributed by atoms with Gasteiger partial charge in [0.25, 0.3) is 0 Å². The number of amides is 2. The maximum atomic E-state index is 14.3. The van der Waals surface area contributed by atoms with E-state index in [1.807, 2.05) is 54.6 Å². The molecule has 1 atom stereocenters. The Balaban J connectivity index is 1.76. The van der Waals surface area contributed by atoms with E-state index in [4.69, 9.17) is 16.3 Å². The summed E-state index contributed by atoms with van der Waals surface area (Å²) >= 11 is 9.71. The molecule has 1 aliphatic rings. The molecule has 0 aromatic heterocycles. The minimum atomic E-state index is -3.96. The van der Waals surface area contributed by atoms with Crippen molar-refractivity contribution in [2.24, 2.45) is 0 Å². The van der Waals surface area contributed by atoms with Crippen molar-refractivity contribution in [1.29, 1.82) is 0 Å². The van der Waals surface area contributed by atoms with Gasteiger partial charge in [0.05, 0.1) is 19.1 Å². The van der Waals surface area contributed by atoms with Gasteiger partial charge in [-0.3, -0.25) is 13.9 Å². The molecule has 1 N–H and O–H groups in total. The van der Waals surface area contributed by atoms with Crippen LogP contribution in [0.5, 0.6) is 5.75 Å². The van der Waals surface area contributed by atoms with E-state index in [2.05, 4.69) is 21.2 Å². The molecule has 0 aliphatic heterocycles. The number of benzene rings is 3. The fraction of sp³-hybridized carbons (Fsp3) is 0.355. The van der Waals surface area contributed by atoms with E-state index in [9.17, 15) is 18.0 Å². The van der Waals surface area contributed by atoms with Crippen LogP contribution in [0.1, 0.15) is 36.8 Å². The van der Waals surface area contributed by atoms with Crippen LogP contribution in [0.3, 0.4) is 0 Å². The first-order valence-electron chi connectivity index (χ1n) is 13.7. The first-order valence-corrected chi connectivity index (χ1v) is 16.8. The fourth-order valence-electron chi connectivity index (χ4n) is 5.21. The highest BCUT2D eigenvalue weighted by Gasteiger charge is 2.35. The number of nitrogens with one attached hydrogen (secondary N) is 1. The maximum Gasteiger partial charge on any atom is 0.244 e. The number of hydrogen-bond acceptors (Lipinski definition) is 5. The summed E-state index contributed by atoms with van der Waals surface area (Å²) in [5.74, 6) is -0.554. The van der Waals surface area contributed by atoms with Crippen LogP contribution in [0.25, 0.3) is 0 Å². The van der Waals surface area contributed by atoms with Crippen molar-refractivity contribution in [2.75, 3.05) is 24.2 Å². The Kier molecular flexibility index (Phi) is 10.9. The topological polar surface area (TPSA) is 96.0 Å². The Bertz CT molecular complexity index is 1500. The van der Waals surface area contributed by atoms with Crippen molar-refractivity contribution in [1.82, 2.24) is 10.2 Å². The SMILES string of the molecule is COc1ccc(Cl)cc1N(CC(=O)N(Cc1cccc(Br)c1)[C@@H](Cc1ccccc1)C(=O)NC1CCCC1)S(C)(=O)=O. The van der Waals surface area contributed by atoms with Gasteiger partial charge in [0.1, 0.15) is 18.3 Å². The summed E-state index contributed by atoms with van der Waals surface area (Å²) in [6.07, 6.45) is 5.14. The van der Waals surface area contributed by atoms with E-state index in [0.29, 0.717) is 0 Å². The van der Waals surface area contributed by atoms with Crippen LogP contribution >= 0.6 is 27.5 Å². The van der Waals surface area contributed by atoms with Gasteiger partial charge >= 0.3 is 0 Å². The highest BCUT2D eigenvalue weighted by Crippen LogP contribution is 2.33. The molecule has 0 spiro atoms.